The van der Waals surface area contributed by atoms with E-state index in [1.165, 1.54) is 0 Å². The van der Waals surface area contributed by atoms with Crippen molar-refractivity contribution in [3.8, 4) is 17.0 Å². The highest BCUT2D eigenvalue weighted by Crippen LogP contribution is 2.24. The minimum Gasteiger partial charge on any atom is -0.497 e. The van der Waals surface area contributed by atoms with Gasteiger partial charge in [-0.15, -0.1) is 0 Å². The highest BCUT2D eigenvalue weighted by atomic mass is 16.5. The van der Waals surface area contributed by atoms with Gasteiger partial charge in [0.2, 0.25) is 0 Å². The van der Waals surface area contributed by atoms with Crippen LogP contribution in [0.25, 0.3) is 16.9 Å². The minimum atomic E-state index is -0.0255. The first kappa shape index (κ1) is 16.5. The Bertz CT molecular complexity index is 927. The van der Waals surface area contributed by atoms with Gasteiger partial charge in [-0.1, -0.05) is 0 Å². The van der Waals surface area contributed by atoms with Crippen LogP contribution in [0.1, 0.15) is 10.5 Å². The van der Waals surface area contributed by atoms with Gasteiger partial charge in [-0.3, -0.25) is 9.78 Å². The summed E-state index contributed by atoms with van der Waals surface area (Å²) in [6.07, 6.45) is 5.32. The molecule has 1 saturated heterocycles. The summed E-state index contributed by atoms with van der Waals surface area (Å²) < 4.78 is 7.06. The summed E-state index contributed by atoms with van der Waals surface area (Å²) in [5, 5.41) is 0. The smallest absolute Gasteiger partial charge is 0.274 e. The molecule has 1 amide bonds. The molecule has 1 aromatic carbocycles. The Kier molecular flexibility index (Phi) is 4.30. The van der Waals surface area contributed by atoms with E-state index in [1.807, 2.05) is 39.8 Å². The highest BCUT2D eigenvalue weighted by molar-refractivity contribution is 5.93. The van der Waals surface area contributed by atoms with E-state index in [-0.39, 0.29) is 5.91 Å². The minimum absolute atomic E-state index is 0.0255. The molecule has 0 saturated carbocycles. The Morgan fingerprint density at radius 1 is 1.12 bits per heavy atom. The molecule has 1 aliphatic rings. The van der Waals surface area contributed by atoms with Gasteiger partial charge in [0.25, 0.3) is 5.91 Å². The molecule has 3 aromatic rings. The van der Waals surface area contributed by atoms with Gasteiger partial charge >= 0.3 is 0 Å². The van der Waals surface area contributed by atoms with Crippen molar-refractivity contribution in [2.45, 2.75) is 0 Å². The molecule has 0 N–H and O–H groups in total. The Morgan fingerprint density at radius 3 is 2.54 bits per heavy atom. The molecule has 0 radical (unpaired) electrons. The molecule has 3 heterocycles. The van der Waals surface area contributed by atoms with Gasteiger partial charge in [-0.2, -0.15) is 0 Å². The Labute approximate surface area is 151 Å². The van der Waals surface area contributed by atoms with Gasteiger partial charge in [-0.05, 0) is 31.3 Å². The van der Waals surface area contributed by atoms with Gasteiger partial charge < -0.3 is 18.9 Å². The second kappa shape index (κ2) is 6.76. The number of imidazole rings is 1. The van der Waals surface area contributed by atoms with Gasteiger partial charge in [0.15, 0.2) is 5.65 Å². The Morgan fingerprint density at radius 2 is 1.85 bits per heavy atom. The third-order valence-corrected chi connectivity index (χ3v) is 4.75. The molecule has 134 valence electrons. The van der Waals surface area contributed by atoms with Crippen molar-refractivity contribution in [2.24, 2.45) is 0 Å². The summed E-state index contributed by atoms with van der Waals surface area (Å²) in [7, 11) is 3.71. The number of carbonyl (C=O) groups excluding carboxylic acids is 1. The van der Waals surface area contributed by atoms with Gasteiger partial charge in [-0.25, -0.2) is 4.98 Å². The lowest BCUT2D eigenvalue weighted by molar-refractivity contribution is 0.0659. The van der Waals surface area contributed by atoms with E-state index in [4.69, 9.17) is 4.74 Å². The predicted octanol–water partition coefficient (Wildman–Crippen LogP) is 1.79. The SMILES string of the molecule is COc1ccc(-c2nccn3cc(C(=O)N4CCN(C)CC4)nc23)cc1. The van der Waals surface area contributed by atoms with Gasteiger partial charge in [0, 0.05) is 50.3 Å². The van der Waals surface area contributed by atoms with Crippen molar-refractivity contribution in [3.63, 3.8) is 0 Å². The van der Waals surface area contributed by atoms with E-state index >= 15 is 0 Å². The number of benzene rings is 1. The molecule has 7 nitrogen and oxygen atoms in total. The molecule has 1 aliphatic heterocycles. The summed E-state index contributed by atoms with van der Waals surface area (Å²) >= 11 is 0. The number of methoxy groups -OCH3 is 1. The van der Waals surface area contributed by atoms with Crippen LogP contribution < -0.4 is 4.74 Å². The first-order chi connectivity index (χ1) is 12.7. The highest BCUT2D eigenvalue weighted by Gasteiger charge is 2.23. The fraction of sp³-hybridized carbons (Fsp3) is 0.316. The predicted molar refractivity (Wildman–Crippen MR) is 98.4 cm³/mol. The van der Waals surface area contributed by atoms with Crippen LogP contribution in [0.2, 0.25) is 0 Å². The number of likely N-dealkylation sites (N-methyl/N-ethyl adjacent to an activating group) is 1. The number of ether oxygens (including phenoxy) is 1. The summed E-state index contributed by atoms with van der Waals surface area (Å²) in [6.45, 7) is 3.23. The molecule has 2 aromatic heterocycles. The molecule has 7 heteroatoms. The lowest BCUT2D eigenvalue weighted by atomic mass is 10.1. The zero-order valence-electron chi connectivity index (χ0n) is 14.9. The average Bonchev–Trinajstić information content (AvgIpc) is 3.12. The molecule has 26 heavy (non-hydrogen) atoms. The molecule has 0 unspecified atom stereocenters. The first-order valence-electron chi connectivity index (χ1n) is 8.61. The maximum absolute atomic E-state index is 12.8. The molecular weight excluding hydrogens is 330 g/mol. The number of piperazine rings is 1. The largest absolute Gasteiger partial charge is 0.497 e. The number of nitrogens with zero attached hydrogens (tertiary/aromatic N) is 5. The third kappa shape index (κ3) is 3.01. The van der Waals surface area contributed by atoms with E-state index < -0.39 is 0 Å². The lowest BCUT2D eigenvalue weighted by Crippen LogP contribution is -2.47. The van der Waals surface area contributed by atoms with E-state index in [1.54, 1.807) is 19.5 Å². The fourth-order valence-corrected chi connectivity index (χ4v) is 3.15. The number of amides is 1. The quantitative estimate of drug-likeness (QED) is 0.720. The van der Waals surface area contributed by atoms with Crippen LogP contribution in [-0.2, 0) is 0 Å². The summed E-state index contributed by atoms with van der Waals surface area (Å²) in [5.41, 5.74) is 2.81. The van der Waals surface area contributed by atoms with Crippen LogP contribution >= 0.6 is 0 Å². The van der Waals surface area contributed by atoms with Crippen LogP contribution in [0, 0.1) is 0 Å². The molecule has 0 aliphatic carbocycles. The number of hydrogen-bond donors (Lipinski definition) is 0. The number of fused-ring (bicyclic) bond motifs is 1. The molecular formula is C19H21N5O2. The molecule has 1 fully saturated rings. The number of aromatic nitrogens is 3. The van der Waals surface area contributed by atoms with Crippen LogP contribution in [0.15, 0.2) is 42.9 Å². The normalized spacial score (nSPS) is 15.4. The monoisotopic (exact) mass is 351 g/mol. The van der Waals surface area contributed by atoms with Crippen LogP contribution in [0.4, 0.5) is 0 Å². The lowest BCUT2D eigenvalue weighted by Gasteiger charge is -2.31. The second-order valence-corrected chi connectivity index (χ2v) is 6.46. The average molecular weight is 351 g/mol. The number of hydrogen-bond acceptors (Lipinski definition) is 5. The molecule has 4 rings (SSSR count). The maximum atomic E-state index is 12.8. The number of rotatable bonds is 3. The van der Waals surface area contributed by atoms with Crippen LogP contribution in [0.5, 0.6) is 5.75 Å². The Hall–Kier alpha value is -2.93. The van der Waals surface area contributed by atoms with Crippen molar-refractivity contribution in [2.75, 3.05) is 40.3 Å². The second-order valence-electron chi connectivity index (χ2n) is 6.46. The summed E-state index contributed by atoms with van der Waals surface area (Å²) in [5.74, 6) is 0.762. The van der Waals surface area contributed by atoms with E-state index in [2.05, 4.69) is 21.9 Å². The fourth-order valence-electron chi connectivity index (χ4n) is 3.15. The summed E-state index contributed by atoms with van der Waals surface area (Å²) in [6, 6.07) is 7.66. The summed E-state index contributed by atoms with van der Waals surface area (Å²) in [4.78, 5) is 25.9. The topological polar surface area (TPSA) is 63.0 Å². The maximum Gasteiger partial charge on any atom is 0.274 e. The third-order valence-electron chi connectivity index (χ3n) is 4.75. The van der Waals surface area contributed by atoms with Gasteiger partial charge in [0.05, 0.1) is 7.11 Å². The zero-order valence-corrected chi connectivity index (χ0v) is 14.9. The standard InChI is InChI=1S/C19H21N5O2/c1-22-9-11-23(12-10-22)19(25)16-13-24-8-7-20-17(18(24)21-16)14-3-5-15(26-2)6-4-14/h3-8,13H,9-12H2,1-2H3. The molecule has 0 bridgehead atoms. The number of carbonyl (C=O) groups is 1. The van der Waals surface area contributed by atoms with E-state index in [0.717, 1.165) is 43.2 Å². The van der Waals surface area contributed by atoms with Crippen molar-refractivity contribution in [1.82, 2.24) is 24.2 Å². The van der Waals surface area contributed by atoms with Crippen LogP contribution in [0.3, 0.4) is 0 Å². The molecule has 0 spiro atoms. The van der Waals surface area contributed by atoms with Crippen molar-refractivity contribution < 1.29 is 9.53 Å². The molecule has 0 atom stereocenters. The zero-order chi connectivity index (χ0) is 18.1. The van der Waals surface area contributed by atoms with Gasteiger partial charge in [0.1, 0.15) is 17.1 Å². The van der Waals surface area contributed by atoms with Crippen molar-refractivity contribution >= 4 is 11.6 Å². The Balaban J connectivity index is 1.67. The van der Waals surface area contributed by atoms with Crippen molar-refractivity contribution in [1.29, 1.82) is 0 Å². The van der Waals surface area contributed by atoms with E-state index in [0.29, 0.717) is 11.3 Å². The van der Waals surface area contributed by atoms with E-state index in [9.17, 15) is 4.79 Å². The van der Waals surface area contributed by atoms with Crippen LogP contribution in [-0.4, -0.2) is 70.4 Å². The van der Waals surface area contributed by atoms with Crippen molar-refractivity contribution in [3.05, 3.63) is 48.5 Å². The first-order valence-corrected chi connectivity index (χ1v) is 8.61.